The molecule has 0 aromatic heterocycles. The van der Waals surface area contributed by atoms with Gasteiger partial charge < -0.3 is 0 Å². The highest BCUT2D eigenvalue weighted by Crippen LogP contribution is 2.20. The van der Waals surface area contributed by atoms with Gasteiger partial charge in [0.05, 0.1) is 0 Å². The first-order valence-electron chi connectivity index (χ1n) is 5.02. The summed E-state index contributed by atoms with van der Waals surface area (Å²) in [7, 11) is -1.24. The molecule has 0 N–H and O–H groups in total. The molecule has 0 aromatic rings. The molecule has 1 rings (SSSR count). The van der Waals surface area contributed by atoms with Gasteiger partial charge in [-0.2, -0.15) is 0 Å². The van der Waals surface area contributed by atoms with E-state index in [-0.39, 0.29) is 0 Å². The Balaban J connectivity index is 2.52. The Morgan fingerprint density at radius 2 is 2.08 bits per heavy atom. The lowest BCUT2D eigenvalue weighted by atomic mass is 9.89. The summed E-state index contributed by atoms with van der Waals surface area (Å²) in [5.41, 5.74) is 3.35. The van der Waals surface area contributed by atoms with Crippen molar-refractivity contribution in [3.63, 3.8) is 0 Å². The highest BCUT2D eigenvalue weighted by molar-refractivity contribution is 6.83. The third-order valence-electron chi connectivity index (χ3n) is 2.13. The van der Waals surface area contributed by atoms with Crippen molar-refractivity contribution >= 4 is 13.9 Å². The van der Waals surface area contributed by atoms with Crippen molar-refractivity contribution in [3.05, 3.63) is 0 Å². The van der Waals surface area contributed by atoms with Gasteiger partial charge in [0.15, 0.2) is 0 Å². The van der Waals surface area contributed by atoms with Crippen LogP contribution in [0, 0.1) is 17.4 Å². The maximum Gasteiger partial charge on any atom is 0.134 e. The summed E-state index contributed by atoms with van der Waals surface area (Å²) in [4.78, 5) is 11.1. The van der Waals surface area contributed by atoms with Gasteiger partial charge in [-0.25, -0.2) is 0 Å². The lowest BCUT2D eigenvalue weighted by Crippen LogP contribution is -2.19. The number of hydrogen-bond acceptors (Lipinski definition) is 1. The summed E-state index contributed by atoms with van der Waals surface area (Å²) >= 11 is 0. The topological polar surface area (TPSA) is 17.1 Å². The van der Waals surface area contributed by atoms with Gasteiger partial charge in [-0.05, 0) is 12.8 Å². The maximum atomic E-state index is 11.1. The molecule has 13 heavy (non-hydrogen) atoms. The van der Waals surface area contributed by atoms with E-state index in [1.807, 2.05) is 0 Å². The molecular weight excluding hydrogens is 176 g/mol. The maximum absolute atomic E-state index is 11.1. The summed E-state index contributed by atoms with van der Waals surface area (Å²) in [6.45, 7) is 6.72. The molecule has 1 saturated carbocycles. The van der Waals surface area contributed by atoms with Crippen LogP contribution in [0.3, 0.4) is 0 Å². The summed E-state index contributed by atoms with van der Waals surface area (Å²) in [5, 5.41) is 0. The van der Waals surface area contributed by atoms with E-state index in [0.29, 0.717) is 18.1 Å². The summed E-state index contributed by atoms with van der Waals surface area (Å²) in [6, 6.07) is 0. The van der Waals surface area contributed by atoms with E-state index >= 15 is 0 Å². The second kappa shape index (κ2) is 4.10. The van der Waals surface area contributed by atoms with Crippen LogP contribution in [0.15, 0.2) is 0 Å². The van der Waals surface area contributed by atoms with Crippen molar-refractivity contribution < 1.29 is 4.79 Å². The molecule has 1 fully saturated rings. The first-order chi connectivity index (χ1) is 5.97. The Kier molecular flexibility index (Phi) is 3.32. The highest BCUT2D eigenvalue weighted by Gasteiger charge is 2.18. The van der Waals surface area contributed by atoms with E-state index in [1.165, 1.54) is 0 Å². The fraction of sp³-hybridized carbons (Fsp3) is 0.727. The number of rotatable bonds is 0. The minimum atomic E-state index is -1.24. The van der Waals surface area contributed by atoms with Gasteiger partial charge in [-0.15, -0.1) is 11.5 Å². The summed E-state index contributed by atoms with van der Waals surface area (Å²) < 4.78 is 0. The number of ketones is 1. The van der Waals surface area contributed by atoms with E-state index < -0.39 is 8.07 Å². The van der Waals surface area contributed by atoms with E-state index in [9.17, 15) is 4.79 Å². The zero-order valence-corrected chi connectivity index (χ0v) is 9.81. The lowest BCUT2D eigenvalue weighted by Gasteiger charge is -2.15. The van der Waals surface area contributed by atoms with E-state index in [1.54, 1.807) is 0 Å². The fourth-order valence-electron chi connectivity index (χ4n) is 1.47. The van der Waals surface area contributed by atoms with Crippen LogP contribution >= 0.6 is 0 Å². The molecule has 1 aliphatic rings. The van der Waals surface area contributed by atoms with Crippen LogP contribution in [0.4, 0.5) is 0 Å². The molecule has 2 heteroatoms. The third kappa shape index (κ3) is 4.28. The van der Waals surface area contributed by atoms with Crippen LogP contribution in [0.5, 0.6) is 0 Å². The summed E-state index contributed by atoms with van der Waals surface area (Å²) in [5.74, 6) is 4.06. The Morgan fingerprint density at radius 3 is 2.62 bits per heavy atom. The van der Waals surface area contributed by atoms with Crippen molar-refractivity contribution in [2.75, 3.05) is 0 Å². The predicted molar refractivity (Wildman–Crippen MR) is 58.1 cm³/mol. The third-order valence-corrected chi connectivity index (χ3v) is 3.03. The Bertz CT molecular complexity index is 251. The van der Waals surface area contributed by atoms with Crippen molar-refractivity contribution in [1.29, 1.82) is 0 Å². The number of carbonyl (C=O) groups excluding carboxylic acids is 1. The molecule has 0 heterocycles. The van der Waals surface area contributed by atoms with E-state index in [2.05, 4.69) is 31.1 Å². The average molecular weight is 194 g/mol. The van der Waals surface area contributed by atoms with Crippen molar-refractivity contribution in [2.45, 2.75) is 45.3 Å². The molecule has 72 valence electrons. The Hall–Kier alpha value is -0.553. The molecule has 0 radical (unpaired) electrons. The molecule has 1 atom stereocenters. The molecule has 1 aliphatic carbocycles. The normalized spacial score (nSPS) is 23.6. The molecular formula is C11H18OSi. The molecule has 0 aromatic carbocycles. The van der Waals surface area contributed by atoms with Gasteiger partial charge >= 0.3 is 0 Å². The van der Waals surface area contributed by atoms with Gasteiger partial charge in [0.2, 0.25) is 0 Å². The second-order valence-electron chi connectivity index (χ2n) is 4.85. The lowest BCUT2D eigenvalue weighted by molar-refractivity contribution is -0.120. The zero-order chi connectivity index (χ0) is 9.90. The first-order valence-corrected chi connectivity index (χ1v) is 8.52. The number of carbonyl (C=O) groups is 1. The van der Waals surface area contributed by atoms with E-state index in [0.717, 1.165) is 19.3 Å². The Morgan fingerprint density at radius 1 is 1.38 bits per heavy atom. The second-order valence-corrected chi connectivity index (χ2v) is 9.60. The van der Waals surface area contributed by atoms with Crippen LogP contribution in [-0.2, 0) is 4.79 Å². The highest BCUT2D eigenvalue weighted by atomic mass is 28.3. The molecule has 0 saturated heterocycles. The van der Waals surface area contributed by atoms with Gasteiger partial charge in [-0.1, -0.05) is 19.6 Å². The molecule has 0 aliphatic heterocycles. The van der Waals surface area contributed by atoms with Crippen LogP contribution in [0.2, 0.25) is 19.6 Å². The fourth-order valence-corrected chi connectivity index (χ4v) is 2.10. The van der Waals surface area contributed by atoms with Crippen LogP contribution < -0.4 is 0 Å². The monoisotopic (exact) mass is 194 g/mol. The van der Waals surface area contributed by atoms with Crippen molar-refractivity contribution in [3.8, 4) is 11.5 Å². The van der Waals surface area contributed by atoms with Gasteiger partial charge in [0.25, 0.3) is 0 Å². The molecule has 0 bridgehead atoms. The summed E-state index contributed by atoms with van der Waals surface area (Å²) in [6.07, 6.45) is 3.66. The predicted octanol–water partition coefficient (Wildman–Crippen LogP) is 2.63. The van der Waals surface area contributed by atoms with Crippen LogP contribution in [-0.4, -0.2) is 13.9 Å². The molecule has 0 spiro atoms. The SMILES string of the molecule is C[Si](C)(C)C#C[C@H]1CCCC(=O)C1. The van der Waals surface area contributed by atoms with Gasteiger partial charge in [0, 0.05) is 18.8 Å². The number of Topliss-reactive ketones (excluding diaryl/α,β-unsaturated/α-hetero) is 1. The molecule has 1 nitrogen and oxygen atoms in total. The molecule has 0 unspecified atom stereocenters. The first kappa shape index (κ1) is 10.5. The minimum absolute atomic E-state index is 0.368. The zero-order valence-electron chi connectivity index (χ0n) is 8.81. The number of hydrogen-bond donors (Lipinski definition) is 0. The van der Waals surface area contributed by atoms with Crippen LogP contribution in [0.25, 0.3) is 0 Å². The van der Waals surface area contributed by atoms with Crippen molar-refractivity contribution in [2.24, 2.45) is 5.92 Å². The van der Waals surface area contributed by atoms with Gasteiger partial charge in [-0.3, -0.25) is 4.79 Å². The average Bonchev–Trinajstić information content (AvgIpc) is 2.00. The van der Waals surface area contributed by atoms with E-state index in [4.69, 9.17) is 0 Å². The molecule has 0 amide bonds. The van der Waals surface area contributed by atoms with Crippen molar-refractivity contribution in [1.82, 2.24) is 0 Å². The Labute approximate surface area is 81.9 Å². The van der Waals surface area contributed by atoms with Crippen LogP contribution in [0.1, 0.15) is 25.7 Å². The largest absolute Gasteiger partial charge is 0.300 e. The minimum Gasteiger partial charge on any atom is -0.300 e. The quantitative estimate of drug-likeness (QED) is 0.428. The van der Waals surface area contributed by atoms with Gasteiger partial charge in [0.1, 0.15) is 13.9 Å². The standard InChI is InChI=1S/C11H18OSi/c1-13(2,3)8-7-10-5-4-6-11(12)9-10/h10H,4-6,9H2,1-3H3/t10-/m1/s1. The smallest absolute Gasteiger partial charge is 0.134 e.